The molecule has 2 aromatic carbocycles. The Hall–Kier alpha value is -4.18. The fourth-order valence-corrected chi connectivity index (χ4v) is 6.46. The molecule has 4 atom stereocenters. The third kappa shape index (κ3) is 5.51. The molecule has 1 amide bonds. The minimum atomic E-state index is -1.26. The predicted molar refractivity (Wildman–Crippen MR) is 157 cm³/mol. The van der Waals surface area contributed by atoms with Crippen LogP contribution in [0.2, 0.25) is 0 Å². The third-order valence-electron chi connectivity index (χ3n) is 7.92. The van der Waals surface area contributed by atoms with Gasteiger partial charge in [-0.2, -0.15) is 0 Å². The summed E-state index contributed by atoms with van der Waals surface area (Å²) in [7, 11) is 1.45. The number of hydrogen-bond acceptors (Lipinski definition) is 9. The zero-order valence-corrected chi connectivity index (χ0v) is 25.6. The topological polar surface area (TPSA) is 112 Å². The number of esters is 3. The molecule has 3 aliphatic heterocycles. The Morgan fingerprint density at radius 1 is 1.05 bits per heavy atom. The van der Waals surface area contributed by atoms with Crippen LogP contribution in [-0.4, -0.2) is 65.0 Å². The van der Waals surface area contributed by atoms with E-state index < -0.39 is 47.6 Å². The molecule has 2 aromatic rings. The summed E-state index contributed by atoms with van der Waals surface area (Å²) in [5, 5.41) is 0. The number of carbonyl (C=O) groups is 4. The van der Waals surface area contributed by atoms with Gasteiger partial charge in [-0.1, -0.05) is 30.3 Å². The van der Waals surface area contributed by atoms with Crippen molar-refractivity contribution in [2.45, 2.75) is 78.2 Å². The zero-order chi connectivity index (χ0) is 31.2. The Balaban J connectivity index is 1.74. The van der Waals surface area contributed by atoms with Gasteiger partial charge in [0.25, 0.3) is 0 Å². The molecule has 2 fully saturated rings. The summed E-state index contributed by atoms with van der Waals surface area (Å²) in [5.41, 5.74) is 2.30. The highest BCUT2D eigenvalue weighted by atomic mass is 16.6. The number of methoxy groups -OCH3 is 1. The molecule has 43 heavy (non-hydrogen) atoms. The van der Waals surface area contributed by atoms with Crippen molar-refractivity contribution in [2.75, 3.05) is 13.7 Å². The molecule has 2 bridgehead atoms. The van der Waals surface area contributed by atoms with Crippen molar-refractivity contribution < 1.29 is 38.1 Å². The van der Waals surface area contributed by atoms with Gasteiger partial charge in [-0.3, -0.25) is 24.2 Å². The van der Waals surface area contributed by atoms with Gasteiger partial charge in [-0.25, -0.2) is 4.79 Å². The number of carbonyl (C=O) groups excluding carboxylic acids is 4. The van der Waals surface area contributed by atoms with Crippen molar-refractivity contribution in [3.63, 3.8) is 0 Å². The van der Waals surface area contributed by atoms with Crippen LogP contribution in [0.15, 0.2) is 42.1 Å². The van der Waals surface area contributed by atoms with E-state index in [1.54, 1.807) is 13.8 Å². The van der Waals surface area contributed by atoms with Gasteiger partial charge < -0.3 is 18.9 Å². The summed E-state index contributed by atoms with van der Waals surface area (Å²) in [6.07, 6.45) is 2.04. The average Bonchev–Trinajstić information content (AvgIpc) is 3.24. The van der Waals surface area contributed by atoms with Gasteiger partial charge in [-0.15, -0.1) is 0 Å². The monoisotopic (exact) mass is 590 g/mol. The first-order valence-corrected chi connectivity index (χ1v) is 14.5. The van der Waals surface area contributed by atoms with Crippen LogP contribution in [0, 0.1) is 12.8 Å². The maximum absolute atomic E-state index is 14.5. The zero-order valence-electron chi connectivity index (χ0n) is 25.6. The molecule has 0 saturated carbocycles. The highest BCUT2D eigenvalue weighted by molar-refractivity contribution is 5.97. The van der Waals surface area contributed by atoms with Crippen molar-refractivity contribution in [3.8, 4) is 11.5 Å². The number of ether oxygens (including phenoxy) is 4. The standard InChI is InChI=1S/C33H38N2O8/c1-8-41-32(39)27-25-21(14-18(2)28(40-7)29(25)42-19(3)36)15-23-26-22(31(38)43-33(4,5)6)16-24(30(37)35(23)27)34(26)17-20-12-10-9-11-13-20/h9-15,22,24,26-27H,8,16-17H2,1-7H3/t22-,24+,26-,27+/m1/s1. The summed E-state index contributed by atoms with van der Waals surface area (Å²) in [5.74, 6) is -2.34. The summed E-state index contributed by atoms with van der Waals surface area (Å²) in [6.45, 7) is 10.7. The van der Waals surface area contributed by atoms with E-state index in [0.29, 0.717) is 28.9 Å². The lowest BCUT2D eigenvalue weighted by atomic mass is 9.86. The van der Waals surface area contributed by atoms with E-state index >= 15 is 0 Å². The Morgan fingerprint density at radius 3 is 2.35 bits per heavy atom. The minimum absolute atomic E-state index is 0.0638. The maximum Gasteiger partial charge on any atom is 0.334 e. The number of aryl methyl sites for hydroxylation is 1. The fourth-order valence-electron chi connectivity index (χ4n) is 6.46. The van der Waals surface area contributed by atoms with Crippen LogP contribution in [0.5, 0.6) is 11.5 Å². The van der Waals surface area contributed by atoms with E-state index in [1.807, 2.05) is 68.1 Å². The van der Waals surface area contributed by atoms with Crippen LogP contribution in [0.3, 0.4) is 0 Å². The lowest BCUT2D eigenvalue weighted by Crippen LogP contribution is -2.59. The molecule has 2 saturated heterocycles. The first kappa shape index (κ1) is 30.3. The van der Waals surface area contributed by atoms with Crippen molar-refractivity contribution in [1.82, 2.24) is 9.80 Å². The fraction of sp³-hybridized carbons (Fsp3) is 0.455. The molecule has 10 nitrogen and oxygen atoms in total. The second-order valence-electron chi connectivity index (χ2n) is 12.1. The van der Waals surface area contributed by atoms with E-state index in [-0.39, 0.29) is 30.4 Å². The van der Waals surface area contributed by atoms with E-state index in [4.69, 9.17) is 18.9 Å². The SMILES string of the molecule is CCOC(=O)[C@@H]1c2c(cc(C)c(OC)c2OC(C)=O)C=C2[C@H]3[C@H](C(=O)OC(C)(C)C)C[C@@H](C(=O)N21)N3Cc1ccccc1. The molecule has 0 radical (unpaired) electrons. The van der Waals surface area contributed by atoms with Gasteiger partial charge in [-0.05, 0) is 69.9 Å². The summed E-state index contributed by atoms with van der Waals surface area (Å²) in [4.78, 5) is 57.7. The van der Waals surface area contributed by atoms with E-state index in [9.17, 15) is 19.2 Å². The molecule has 5 rings (SSSR count). The first-order valence-electron chi connectivity index (χ1n) is 14.5. The van der Waals surface area contributed by atoms with Gasteiger partial charge in [0, 0.05) is 24.7 Å². The smallest absolute Gasteiger partial charge is 0.334 e. The first-order chi connectivity index (χ1) is 20.4. The van der Waals surface area contributed by atoms with E-state index in [2.05, 4.69) is 0 Å². The molecule has 228 valence electrons. The van der Waals surface area contributed by atoms with Crippen molar-refractivity contribution in [2.24, 2.45) is 5.92 Å². The van der Waals surface area contributed by atoms with E-state index in [1.165, 1.54) is 18.9 Å². The van der Waals surface area contributed by atoms with E-state index in [0.717, 1.165) is 5.56 Å². The summed E-state index contributed by atoms with van der Waals surface area (Å²) in [6, 6.07) is 9.04. The largest absolute Gasteiger partial charge is 0.493 e. The molecule has 0 spiro atoms. The third-order valence-corrected chi connectivity index (χ3v) is 7.92. The van der Waals surface area contributed by atoms with Crippen LogP contribution in [0.1, 0.15) is 69.3 Å². The molecular weight excluding hydrogens is 552 g/mol. The average molecular weight is 591 g/mol. The minimum Gasteiger partial charge on any atom is -0.493 e. The van der Waals surface area contributed by atoms with Crippen LogP contribution >= 0.6 is 0 Å². The van der Waals surface area contributed by atoms with Crippen LogP contribution in [-0.2, 0) is 35.2 Å². The lowest BCUT2D eigenvalue weighted by molar-refractivity contribution is -0.161. The molecule has 0 aliphatic carbocycles. The quantitative estimate of drug-likeness (QED) is 0.344. The Labute approximate surface area is 251 Å². The predicted octanol–water partition coefficient (Wildman–Crippen LogP) is 4.33. The number of rotatable bonds is 7. The highest BCUT2D eigenvalue weighted by Crippen LogP contribution is 2.53. The second-order valence-corrected chi connectivity index (χ2v) is 12.1. The molecular formula is C33H38N2O8. The van der Waals surface area contributed by atoms with Crippen LogP contribution in [0.25, 0.3) is 6.08 Å². The van der Waals surface area contributed by atoms with Gasteiger partial charge in [0.1, 0.15) is 5.60 Å². The highest BCUT2D eigenvalue weighted by Gasteiger charge is 2.60. The normalized spacial score (nSPS) is 22.7. The van der Waals surface area contributed by atoms with Crippen LogP contribution < -0.4 is 9.47 Å². The van der Waals surface area contributed by atoms with Crippen molar-refractivity contribution in [1.29, 1.82) is 0 Å². The number of amides is 1. The van der Waals surface area contributed by atoms with Crippen LogP contribution in [0.4, 0.5) is 0 Å². The maximum atomic E-state index is 14.5. The molecule has 0 aromatic heterocycles. The lowest BCUT2D eigenvalue weighted by Gasteiger charge is -2.47. The second kappa shape index (κ2) is 11.5. The number of benzene rings is 2. The number of piperazine rings is 1. The number of fused-ring (bicyclic) bond motifs is 5. The van der Waals surface area contributed by atoms with Gasteiger partial charge in [0.2, 0.25) is 5.91 Å². The molecule has 0 N–H and O–H groups in total. The molecule has 0 unspecified atom stereocenters. The van der Waals surface area contributed by atoms with Gasteiger partial charge in [0.05, 0.1) is 31.7 Å². The molecule has 3 heterocycles. The van der Waals surface area contributed by atoms with Gasteiger partial charge >= 0.3 is 17.9 Å². The Bertz CT molecular complexity index is 1490. The van der Waals surface area contributed by atoms with Gasteiger partial charge in [0.15, 0.2) is 17.5 Å². The van der Waals surface area contributed by atoms with Crippen molar-refractivity contribution in [3.05, 3.63) is 64.3 Å². The number of hydrogen-bond donors (Lipinski definition) is 0. The van der Waals surface area contributed by atoms with Crippen molar-refractivity contribution >= 4 is 29.9 Å². The number of nitrogens with zero attached hydrogens (tertiary/aromatic N) is 2. The summed E-state index contributed by atoms with van der Waals surface area (Å²) >= 11 is 0. The Morgan fingerprint density at radius 2 is 1.74 bits per heavy atom. The summed E-state index contributed by atoms with van der Waals surface area (Å²) < 4.78 is 22.6. The Kier molecular flexibility index (Phi) is 8.09. The molecule has 10 heteroatoms. The molecule has 3 aliphatic rings.